The van der Waals surface area contributed by atoms with E-state index < -0.39 is 23.5 Å². The molecule has 4 rings (SSSR count). The molecule has 0 atom stereocenters. The van der Waals surface area contributed by atoms with Crippen LogP contribution < -0.4 is 21.4 Å². The van der Waals surface area contributed by atoms with Gasteiger partial charge in [0.05, 0.1) is 29.3 Å². The number of nitrogens with one attached hydrogen (secondary N) is 1. The Morgan fingerprint density at radius 2 is 1.89 bits per heavy atom. The van der Waals surface area contributed by atoms with Crippen molar-refractivity contribution in [2.75, 3.05) is 5.32 Å². The lowest BCUT2D eigenvalue weighted by Gasteiger charge is -2.16. The molecule has 180 valence electrons. The summed E-state index contributed by atoms with van der Waals surface area (Å²) in [6.07, 6.45) is 2.19. The van der Waals surface area contributed by atoms with Crippen LogP contribution in [0, 0.1) is 12.3 Å². The van der Waals surface area contributed by atoms with Crippen LogP contribution in [0.4, 0.5) is 24.8 Å². The minimum absolute atomic E-state index is 0.131. The lowest BCUT2D eigenvalue weighted by atomic mass is 10.2. The Morgan fingerprint density at radius 3 is 2.54 bits per heavy atom. The second-order valence-electron chi connectivity index (χ2n) is 7.39. The predicted octanol–water partition coefficient (Wildman–Crippen LogP) is 3.27. The molecule has 9 nitrogen and oxygen atoms in total. The fourth-order valence-corrected chi connectivity index (χ4v) is 3.56. The van der Waals surface area contributed by atoms with Gasteiger partial charge in [0.2, 0.25) is 5.95 Å². The summed E-state index contributed by atoms with van der Waals surface area (Å²) in [5.74, 6) is 1.67. The number of aromatic nitrogens is 5. The maximum atomic E-state index is 13.1. The number of ether oxygens (including phenoxy) is 1. The molecule has 13 heteroatoms. The summed E-state index contributed by atoms with van der Waals surface area (Å²) in [5.41, 5.74) is -0.208. The van der Waals surface area contributed by atoms with Crippen molar-refractivity contribution in [3.8, 4) is 18.1 Å². The number of rotatable bonds is 6. The van der Waals surface area contributed by atoms with Crippen LogP contribution in [-0.4, -0.2) is 30.3 Å². The van der Waals surface area contributed by atoms with Gasteiger partial charge in [-0.3, -0.25) is 9.25 Å². The Hall–Kier alpha value is -4.24. The molecular formula is C22H16ClF3N6O3. The molecule has 0 fully saturated rings. The van der Waals surface area contributed by atoms with Crippen LogP contribution in [-0.2, 0) is 20.1 Å². The summed E-state index contributed by atoms with van der Waals surface area (Å²) < 4.78 is 44.7. The van der Waals surface area contributed by atoms with E-state index in [9.17, 15) is 22.8 Å². The Morgan fingerprint density at radius 1 is 1.17 bits per heavy atom. The molecule has 0 aliphatic carbocycles. The second-order valence-corrected chi connectivity index (χ2v) is 7.79. The SMILES string of the molecule is C#CCn1c(=O)nc(Nc2cc3cn(C)nc3cc2Cl)n(Cc2ccc(OC(F)(F)F)cc2)c1=O. The molecule has 4 aromatic rings. The highest BCUT2D eigenvalue weighted by Crippen LogP contribution is 2.29. The van der Waals surface area contributed by atoms with Gasteiger partial charge in [-0.05, 0) is 29.8 Å². The lowest BCUT2D eigenvalue weighted by Crippen LogP contribution is -2.42. The molecule has 0 bridgehead atoms. The van der Waals surface area contributed by atoms with E-state index in [1.807, 2.05) is 0 Å². The quantitative estimate of drug-likeness (QED) is 0.405. The van der Waals surface area contributed by atoms with Gasteiger partial charge >= 0.3 is 17.7 Å². The van der Waals surface area contributed by atoms with E-state index in [-0.39, 0.29) is 24.1 Å². The zero-order valence-electron chi connectivity index (χ0n) is 18.0. The second kappa shape index (κ2) is 9.19. The van der Waals surface area contributed by atoms with E-state index in [1.165, 1.54) is 12.1 Å². The minimum Gasteiger partial charge on any atom is -0.406 e. The predicted molar refractivity (Wildman–Crippen MR) is 123 cm³/mol. The van der Waals surface area contributed by atoms with Crippen molar-refractivity contribution in [2.24, 2.45) is 7.05 Å². The number of halogens is 4. The fraction of sp³-hybridized carbons (Fsp3) is 0.182. The molecule has 0 saturated carbocycles. The largest absolute Gasteiger partial charge is 0.573 e. The summed E-state index contributed by atoms with van der Waals surface area (Å²) >= 11 is 6.36. The number of alkyl halides is 3. The molecule has 0 amide bonds. The standard InChI is InChI=1S/C22H16ClF3N6O3/c1-3-8-31-20(33)28-19(27-18-9-14-12-30(2)29-17(14)10-16(18)23)32(21(31)34)11-13-4-6-15(7-5-13)35-22(24,25)26/h1,4-7,9-10,12H,8,11H2,2H3,(H,27,28,33). The van der Waals surface area contributed by atoms with E-state index in [4.69, 9.17) is 18.0 Å². The molecular weight excluding hydrogens is 489 g/mol. The number of hydrogen-bond donors (Lipinski definition) is 1. The van der Waals surface area contributed by atoms with Crippen molar-refractivity contribution in [3.05, 3.63) is 74.1 Å². The first-order valence-electron chi connectivity index (χ1n) is 9.94. The highest BCUT2D eigenvalue weighted by molar-refractivity contribution is 6.34. The molecule has 0 aliphatic heterocycles. The van der Waals surface area contributed by atoms with Gasteiger partial charge in [0.25, 0.3) is 0 Å². The monoisotopic (exact) mass is 504 g/mol. The molecule has 2 aromatic heterocycles. The fourth-order valence-electron chi connectivity index (χ4n) is 3.36. The number of fused-ring (bicyclic) bond motifs is 1. The molecule has 1 N–H and O–H groups in total. The van der Waals surface area contributed by atoms with Crippen LogP contribution >= 0.6 is 11.6 Å². The van der Waals surface area contributed by atoms with Gasteiger partial charge in [-0.25, -0.2) is 14.2 Å². The summed E-state index contributed by atoms with van der Waals surface area (Å²) in [6.45, 7) is -0.455. The first kappa shape index (κ1) is 23.9. The number of nitrogens with zero attached hydrogens (tertiary/aromatic N) is 5. The van der Waals surface area contributed by atoms with Gasteiger partial charge in [0.1, 0.15) is 5.75 Å². The van der Waals surface area contributed by atoms with Crippen LogP contribution in [0.15, 0.2) is 52.2 Å². The number of terminal acetylenes is 1. The zero-order chi connectivity index (χ0) is 25.3. The zero-order valence-corrected chi connectivity index (χ0v) is 18.8. The molecule has 0 spiro atoms. The summed E-state index contributed by atoms with van der Waals surface area (Å²) in [4.78, 5) is 29.5. The van der Waals surface area contributed by atoms with Crippen LogP contribution in [0.1, 0.15) is 5.56 Å². The van der Waals surface area contributed by atoms with Gasteiger partial charge in [-0.15, -0.1) is 19.6 Å². The molecule has 0 aliphatic rings. The van der Waals surface area contributed by atoms with Crippen LogP contribution in [0.5, 0.6) is 5.75 Å². The van der Waals surface area contributed by atoms with E-state index >= 15 is 0 Å². The van der Waals surface area contributed by atoms with Crippen molar-refractivity contribution in [1.29, 1.82) is 0 Å². The van der Waals surface area contributed by atoms with Gasteiger partial charge < -0.3 is 10.1 Å². The van der Waals surface area contributed by atoms with Gasteiger partial charge in [-0.1, -0.05) is 29.7 Å². The Bertz CT molecular complexity index is 1570. The summed E-state index contributed by atoms with van der Waals surface area (Å²) in [6, 6.07) is 8.21. The van der Waals surface area contributed by atoms with Crippen LogP contribution in [0.25, 0.3) is 10.9 Å². The van der Waals surface area contributed by atoms with Crippen molar-refractivity contribution in [2.45, 2.75) is 19.5 Å². The average molecular weight is 505 g/mol. The maximum absolute atomic E-state index is 13.1. The minimum atomic E-state index is -4.83. The van der Waals surface area contributed by atoms with Gasteiger partial charge in [-0.2, -0.15) is 10.1 Å². The van der Waals surface area contributed by atoms with Crippen molar-refractivity contribution < 1.29 is 17.9 Å². The Kier molecular flexibility index (Phi) is 6.27. The molecule has 0 saturated heterocycles. The first-order chi connectivity index (χ1) is 16.5. The van der Waals surface area contributed by atoms with Crippen LogP contribution in [0.3, 0.4) is 0 Å². The van der Waals surface area contributed by atoms with Crippen molar-refractivity contribution in [1.82, 2.24) is 23.9 Å². The van der Waals surface area contributed by atoms with Crippen molar-refractivity contribution in [3.63, 3.8) is 0 Å². The first-order valence-corrected chi connectivity index (χ1v) is 10.3. The molecule has 35 heavy (non-hydrogen) atoms. The van der Waals surface area contributed by atoms with E-state index in [2.05, 4.69) is 26.1 Å². The van der Waals surface area contributed by atoms with E-state index in [1.54, 1.807) is 30.1 Å². The Balaban J connectivity index is 1.75. The highest BCUT2D eigenvalue weighted by Gasteiger charge is 2.31. The van der Waals surface area contributed by atoms with E-state index in [0.29, 0.717) is 16.8 Å². The van der Waals surface area contributed by atoms with Gasteiger partial charge in [0, 0.05) is 18.6 Å². The number of anilines is 2. The maximum Gasteiger partial charge on any atom is 0.573 e. The average Bonchev–Trinajstić information content (AvgIpc) is 3.13. The summed E-state index contributed by atoms with van der Waals surface area (Å²) in [7, 11) is 1.75. The smallest absolute Gasteiger partial charge is 0.406 e. The van der Waals surface area contributed by atoms with Crippen molar-refractivity contribution >= 4 is 34.1 Å². The molecule has 2 aromatic carbocycles. The topological polar surface area (TPSA) is 96.0 Å². The highest BCUT2D eigenvalue weighted by atomic mass is 35.5. The lowest BCUT2D eigenvalue weighted by molar-refractivity contribution is -0.274. The third-order valence-electron chi connectivity index (χ3n) is 4.85. The Labute approximate surface area is 200 Å². The van der Waals surface area contributed by atoms with Crippen LogP contribution in [0.2, 0.25) is 5.02 Å². The third-order valence-corrected chi connectivity index (χ3v) is 5.16. The number of hydrogen-bond acceptors (Lipinski definition) is 6. The molecule has 2 heterocycles. The number of benzene rings is 2. The van der Waals surface area contributed by atoms with E-state index in [0.717, 1.165) is 26.7 Å². The number of aryl methyl sites for hydroxylation is 1. The molecule has 0 radical (unpaired) electrons. The third kappa shape index (κ3) is 5.30. The normalized spacial score (nSPS) is 11.4. The van der Waals surface area contributed by atoms with Gasteiger partial charge in [0.15, 0.2) is 0 Å². The molecule has 0 unspecified atom stereocenters. The summed E-state index contributed by atoms with van der Waals surface area (Å²) in [5, 5.41) is 8.17.